The molecule has 0 unspecified atom stereocenters. The Balaban J connectivity index is 1.74. The van der Waals surface area contributed by atoms with Crippen molar-refractivity contribution in [3.63, 3.8) is 0 Å². The van der Waals surface area contributed by atoms with Crippen molar-refractivity contribution in [3.8, 4) is 11.5 Å². The lowest BCUT2D eigenvalue weighted by atomic mass is 10.0. The summed E-state index contributed by atoms with van der Waals surface area (Å²) in [5.41, 5.74) is 4.36. The number of nitrogens with zero attached hydrogens (tertiary/aromatic N) is 3. The molecule has 0 radical (unpaired) electrons. The molecule has 1 saturated heterocycles. The summed E-state index contributed by atoms with van der Waals surface area (Å²) in [5, 5.41) is 8.34. The lowest BCUT2D eigenvalue weighted by Gasteiger charge is -2.24. The van der Waals surface area contributed by atoms with Crippen LogP contribution < -0.4 is 5.32 Å². The van der Waals surface area contributed by atoms with Crippen LogP contribution in [0.3, 0.4) is 0 Å². The number of aromatic nitrogens is 3. The van der Waals surface area contributed by atoms with E-state index >= 15 is 0 Å². The summed E-state index contributed by atoms with van der Waals surface area (Å²) in [5.74, 6) is 0.793. The molecule has 2 bridgehead atoms. The van der Waals surface area contributed by atoms with Gasteiger partial charge in [0.15, 0.2) is 11.4 Å². The minimum Gasteiger partial charge on any atom is -0.463 e. The van der Waals surface area contributed by atoms with E-state index in [0.29, 0.717) is 12.1 Å². The number of furan rings is 1. The van der Waals surface area contributed by atoms with Gasteiger partial charge in [0.2, 0.25) is 0 Å². The van der Waals surface area contributed by atoms with Crippen molar-refractivity contribution in [3.05, 3.63) is 41.9 Å². The molecule has 3 aromatic rings. The van der Waals surface area contributed by atoms with Gasteiger partial charge >= 0.3 is 0 Å². The van der Waals surface area contributed by atoms with Crippen LogP contribution in [0.5, 0.6) is 0 Å². The van der Waals surface area contributed by atoms with Gasteiger partial charge in [0, 0.05) is 36.3 Å². The Bertz CT molecular complexity index is 790. The Hall–Kier alpha value is -2.14. The second-order valence-corrected chi connectivity index (χ2v) is 5.63. The molecule has 1 N–H and O–H groups in total. The molecule has 0 aromatic carbocycles. The molecule has 100 valence electrons. The van der Waals surface area contributed by atoms with Crippen molar-refractivity contribution in [1.29, 1.82) is 0 Å². The average Bonchev–Trinajstić information content (AvgIpc) is 3.16. The molecule has 5 rings (SSSR count). The van der Waals surface area contributed by atoms with E-state index in [-0.39, 0.29) is 0 Å². The zero-order valence-electron chi connectivity index (χ0n) is 10.9. The maximum Gasteiger partial charge on any atom is 0.155 e. The highest BCUT2D eigenvalue weighted by molar-refractivity contribution is 5.59. The van der Waals surface area contributed by atoms with E-state index in [4.69, 9.17) is 9.52 Å². The monoisotopic (exact) mass is 266 g/mol. The Morgan fingerprint density at radius 3 is 3.25 bits per heavy atom. The van der Waals surface area contributed by atoms with Crippen molar-refractivity contribution in [1.82, 2.24) is 19.9 Å². The molecule has 20 heavy (non-hydrogen) atoms. The van der Waals surface area contributed by atoms with Crippen LogP contribution in [0.15, 0.2) is 35.1 Å². The van der Waals surface area contributed by atoms with Crippen LogP contribution in [-0.4, -0.2) is 20.6 Å². The van der Waals surface area contributed by atoms with E-state index in [1.54, 1.807) is 6.26 Å². The first-order valence-electron chi connectivity index (χ1n) is 7.06. The van der Waals surface area contributed by atoms with Crippen molar-refractivity contribution in [2.24, 2.45) is 0 Å². The third-order valence-electron chi connectivity index (χ3n) is 4.44. The van der Waals surface area contributed by atoms with Crippen LogP contribution in [-0.2, 0) is 6.42 Å². The number of hydrogen-bond donors (Lipinski definition) is 1. The van der Waals surface area contributed by atoms with Crippen LogP contribution in [0.4, 0.5) is 0 Å². The summed E-state index contributed by atoms with van der Waals surface area (Å²) >= 11 is 0. The van der Waals surface area contributed by atoms with Gasteiger partial charge in [-0.1, -0.05) is 0 Å². The van der Waals surface area contributed by atoms with Gasteiger partial charge in [-0.2, -0.15) is 5.10 Å². The number of fused-ring (bicyclic) bond motifs is 6. The third-order valence-corrected chi connectivity index (χ3v) is 4.44. The second kappa shape index (κ2) is 3.70. The third kappa shape index (κ3) is 1.35. The van der Waals surface area contributed by atoms with E-state index in [1.165, 1.54) is 24.1 Å². The van der Waals surface area contributed by atoms with Gasteiger partial charge in [-0.05, 0) is 25.0 Å². The van der Waals surface area contributed by atoms with Crippen molar-refractivity contribution in [2.75, 3.05) is 0 Å². The van der Waals surface area contributed by atoms with Crippen LogP contribution in [0, 0.1) is 0 Å². The van der Waals surface area contributed by atoms with E-state index < -0.39 is 0 Å². The summed E-state index contributed by atoms with van der Waals surface area (Å²) in [7, 11) is 0. The SMILES string of the molecule is c1coc(-c2cc3ncc4c(n3n2)C[C@@H]2CC[C@H]4N2)c1. The molecule has 5 heteroatoms. The van der Waals surface area contributed by atoms with Gasteiger partial charge in [-0.15, -0.1) is 0 Å². The first-order chi connectivity index (χ1) is 9.88. The Labute approximate surface area is 115 Å². The van der Waals surface area contributed by atoms with Gasteiger partial charge in [0.05, 0.1) is 12.0 Å². The minimum atomic E-state index is 0.455. The highest BCUT2D eigenvalue weighted by Gasteiger charge is 2.34. The van der Waals surface area contributed by atoms with Gasteiger partial charge in [-0.3, -0.25) is 0 Å². The molecule has 5 nitrogen and oxygen atoms in total. The fourth-order valence-electron chi connectivity index (χ4n) is 3.49. The molecule has 0 saturated carbocycles. The van der Waals surface area contributed by atoms with Crippen LogP contribution >= 0.6 is 0 Å². The quantitative estimate of drug-likeness (QED) is 0.734. The summed E-state index contributed by atoms with van der Waals surface area (Å²) in [6.45, 7) is 0. The van der Waals surface area contributed by atoms with Crippen molar-refractivity contribution >= 4 is 5.65 Å². The molecule has 3 aromatic heterocycles. The zero-order chi connectivity index (χ0) is 13.1. The normalized spacial score (nSPS) is 24.2. The maximum absolute atomic E-state index is 5.43. The lowest BCUT2D eigenvalue weighted by molar-refractivity contribution is 0.496. The van der Waals surface area contributed by atoms with Gasteiger partial charge in [0.1, 0.15) is 5.69 Å². The number of nitrogens with one attached hydrogen (secondary N) is 1. The Morgan fingerprint density at radius 2 is 2.35 bits per heavy atom. The van der Waals surface area contributed by atoms with E-state index in [1.807, 2.05) is 28.9 Å². The standard InChI is InChI=1S/C15H14N4O/c1-2-14(20-5-1)12-7-15-16-8-10-11-4-3-9(17-11)6-13(10)19(15)18-12/h1-2,5,7-9,11,17H,3-4,6H2/t9-,11+/m0/s1. The smallest absolute Gasteiger partial charge is 0.155 e. The molecule has 2 atom stereocenters. The van der Waals surface area contributed by atoms with E-state index in [9.17, 15) is 0 Å². The van der Waals surface area contributed by atoms with Gasteiger partial charge in [-0.25, -0.2) is 9.50 Å². The molecule has 2 aliphatic rings. The molecule has 0 amide bonds. The molecular formula is C15H14N4O. The highest BCUT2D eigenvalue weighted by atomic mass is 16.3. The summed E-state index contributed by atoms with van der Waals surface area (Å²) in [6.07, 6.45) is 7.16. The Kier molecular flexibility index (Phi) is 1.96. The second-order valence-electron chi connectivity index (χ2n) is 5.63. The minimum absolute atomic E-state index is 0.455. The van der Waals surface area contributed by atoms with Crippen molar-refractivity contribution in [2.45, 2.75) is 31.3 Å². The average molecular weight is 266 g/mol. The lowest BCUT2D eigenvalue weighted by Crippen LogP contribution is -2.33. The zero-order valence-corrected chi connectivity index (χ0v) is 10.9. The van der Waals surface area contributed by atoms with Crippen LogP contribution in [0.2, 0.25) is 0 Å². The van der Waals surface area contributed by atoms with Gasteiger partial charge < -0.3 is 9.73 Å². The molecule has 0 aliphatic carbocycles. The molecule has 1 fully saturated rings. The maximum atomic E-state index is 5.43. The van der Waals surface area contributed by atoms with Gasteiger partial charge in [0.25, 0.3) is 0 Å². The summed E-state index contributed by atoms with van der Waals surface area (Å²) in [4.78, 5) is 4.56. The number of rotatable bonds is 1. The first kappa shape index (κ1) is 10.6. The topological polar surface area (TPSA) is 55.4 Å². The molecule has 2 aliphatic heterocycles. The fourth-order valence-corrected chi connectivity index (χ4v) is 3.49. The van der Waals surface area contributed by atoms with E-state index in [0.717, 1.165) is 23.5 Å². The summed E-state index contributed by atoms with van der Waals surface area (Å²) < 4.78 is 7.43. The Morgan fingerprint density at radius 1 is 1.35 bits per heavy atom. The molecule has 0 spiro atoms. The fraction of sp³-hybridized carbons (Fsp3) is 0.333. The predicted octanol–water partition coefficient (Wildman–Crippen LogP) is 2.34. The summed E-state index contributed by atoms with van der Waals surface area (Å²) in [6, 6.07) is 6.85. The first-order valence-corrected chi connectivity index (χ1v) is 7.06. The predicted molar refractivity (Wildman–Crippen MR) is 73.3 cm³/mol. The molecule has 5 heterocycles. The van der Waals surface area contributed by atoms with Crippen LogP contribution in [0.1, 0.15) is 30.1 Å². The molecular weight excluding hydrogens is 252 g/mol. The van der Waals surface area contributed by atoms with Crippen LogP contribution in [0.25, 0.3) is 17.1 Å². The highest BCUT2D eigenvalue weighted by Crippen LogP contribution is 2.35. The largest absolute Gasteiger partial charge is 0.463 e. The van der Waals surface area contributed by atoms with E-state index in [2.05, 4.69) is 10.3 Å². The van der Waals surface area contributed by atoms with Crippen molar-refractivity contribution < 1.29 is 4.42 Å². The number of hydrogen-bond acceptors (Lipinski definition) is 4.